The molecule has 1 aromatic carbocycles. The molecular formula is C17H19ClN4O2. The zero-order valence-corrected chi connectivity index (χ0v) is 13.9. The number of aromatic amines is 1. The fourth-order valence-electron chi connectivity index (χ4n) is 2.93. The molecule has 0 saturated carbocycles. The Hall–Kier alpha value is -2.34. The molecule has 1 aliphatic rings. The number of hydrogen-bond donors (Lipinski definition) is 2. The molecule has 0 radical (unpaired) electrons. The van der Waals surface area contributed by atoms with E-state index in [2.05, 4.69) is 15.5 Å². The Balaban J connectivity index is 1.61. The summed E-state index contributed by atoms with van der Waals surface area (Å²) in [5.41, 5.74) is 1.42. The number of nitrogens with one attached hydrogen (secondary N) is 2. The number of carbonyl (C=O) groups excluding carboxylic acids is 1. The van der Waals surface area contributed by atoms with Crippen LogP contribution in [0.2, 0.25) is 5.02 Å². The van der Waals surface area contributed by atoms with Crippen molar-refractivity contribution in [2.24, 2.45) is 5.92 Å². The van der Waals surface area contributed by atoms with E-state index in [1.165, 1.54) is 6.07 Å². The van der Waals surface area contributed by atoms with E-state index in [1.54, 1.807) is 6.20 Å². The predicted molar refractivity (Wildman–Crippen MR) is 93.1 cm³/mol. The summed E-state index contributed by atoms with van der Waals surface area (Å²) in [7, 11) is 0. The maximum Gasteiger partial charge on any atom is 0.266 e. The molecule has 6 nitrogen and oxygen atoms in total. The van der Waals surface area contributed by atoms with Crippen LogP contribution in [0.5, 0.6) is 0 Å². The van der Waals surface area contributed by atoms with Crippen LogP contribution in [0, 0.1) is 5.92 Å². The molecule has 3 rings (SSSR count). The summed E-state index contributed by atoms with van der Waals surface area (Å²) in [6, 6.07) is 8.98. The number of carbonyl (C=O) groups is 1. The summed E-state index contributed by atoms with van der Waals surface area (Å²) in [5, 5.41) is 9.80. The van der Waals surface area contributed by atoms with Crippen LogP contribution in [0.15, 0.2) is 41.3 Å². The molecule has 24 heavy (non-hydrogen) atoms. The van der Waals surface area contributed by atoms with E-state index in [-0.39, 0.29) is 17.4 Å². The molecule has 0 aliphatic carbocycles. The molecular weight excluding hydrogens is 328 g/mol. The molecule has 126 valence electrons. The topological polar surface area (TPSA) is 78.1 Å². The second-order valence-electron chi connectivity index (χ2n) is 5.90. The van der Waals surface area contributed by atoms with Crippen LogP contribution in [0.3, 0.4) is 0 Å². The lowest BCUT2D eigenvalue weighted by atomic mass is 9.96. The van der Waals surface area contributed by atoms with Crippen molar-refractivity contribution in [1.29, 1.82) is 0 Å². The highest BCUT2D eigenvalue weighted by Crippen LogP contribution is 2.22. The van der Waals surface area contributed by atoms with Crippen molar-refractivity contribution in [2.75, 3.05) is 18.0 Å². The van der Waals surface area contributed by atoms with E-state index in [0.717, 1.165) is 30.6 Å². The van der Waals surface area contributed by atoms with Crippen molar-refractivity contribution < 1.29 is 4.79 Å². The lowest BCUT2D eigenvalue weighted by Crippen LogP contribution is -2.43. The highest BCUT2D eigenvalue weighted by Gasteiger charge is 2.26. The van der Waals surface area contributed by atoms with Gasteiger partial charge in [-0.25, -0.2) is 5.10 Å². The van der Waals surface area contributed by atoms with Crippen LogP contribution in [-0.2, 0) is 11.3 Å². The quantitative estimate of drug-likeness (QED) is 0.887. The summed E-state index contributed by atoms with van der Waals surface area (Å²) in [6.07, 6.45) is 3.35. The number of piperidine rings is 1. The lowest BCUT2D eigenvalue weighted by molar-refractivity contribution is -0.125. The number of hydrogen-bond acceptors (Lipinski definition) is 4. The predicted octanol–water partition coefficient (Wildman–Crippen LogP) is 1.96. The number of aromatic nitrogens is 2. The van der Waals surface area contributed by atoms with Gasteiger partial charge >= 0.3 is 0 Å². The number of rotatable bonds is 4. The molecule has 1 aliphatic heterocycles. The van der Waals surface area contributed by atoms with Gasteiger partial charge in [0, 0.05) is 30.7 Å². The third-order valence-electron chi connectivity index (χ3n) is 4.22. The Labute approximate surface area is 144 Å². The number of anilines is 1. The largest absolute Gasteiger partial charge is 0.369 e. The average Bonchev–Trinajstić information content (AvgIpc) is 2.61. The molecule has 1 saturated heterocycles. The Bertz CT molecular complexity index is 777. The first-order chi connectivity index (χ1) is 11.6. The second kappa shape index (κ2) is 7.49. The minimum absolute atomic E-state index is 0.0115. The van der Waals surface area contributed by atoms with Crippen LogP contribution in [0.1, 0.15) is 18.4 Å². The summed E-state index contributed by atoms with van der Waals surface area (Å²) in [4.78, 5) is 25.9. The van der Waals surface area contributed by atoms with Crippen molar-refractivity contribution in [1.82, 2.24) is 15.5 Å². The minimum Gasteiger partial charge on any atom is -0.369 e. The summed E-state index contributed by atoms with van der Waals surface area (Å²) in [5.74, 6) is -0.0991. The van der Waals surface area contributed by atoms with E-state index in [1.807, 2.05) is 29.2 Å². The van der Waals surface area contributed by atoms with E-state index in [0.29, 0.717) is 18.1 Å². The van der Waals surface area contributed by atoms with Crippen LogP contribution in [-0.4, -0.2) is 29.2 Å². The van der Waals surface area contributed by atoms with Gasteiger partial charge in [0.15, 0.2) is 0 Å². The fraction of sp³-hybridized carbons (Fsp3) is 0.353. The van der Waals surface area contributed by atoms with Crippen molar-refractivity contribution in [3.05, 3.63) is 57.5 Å². The van der Waals surface area contributed by atoms with Gasteiger partial charge in [-0.2, -0.15) is 5.10 Å². The van der Waals surface area contributed by atoms with E-state index in [9.17, 15) is 9.59 Å². The maximum absolute atomic E-state index is 12.5. The van der Waals surface area contributed by atoms with Gasteiger partial charge in [-0.05, 0) is 24.5 Å². The van der Waals surface area contributed by atoms with Gasteiger partial charge in [0.05, 0.1) is 17.8 Å². The van der Waals surface area contributed by atoms with Crippen molar-refractivity contribution in [3.8, 4) is 0 Å². The maximum atomic E-state index is 12.5. The minimum atomic E-state index is -0.238. The third kappa shape index (κ3) is 3.94. The SMILES string of the molecule is O=C(NCc1ccccc1Cl)C1CCCN(c2cn[nH]c(=O)c2)C1. The zero-order chi connectivity index (χ0) is 16.9. The molecule has 1 atom stereocenters. The second-order valence-corrected chi connectivity index (χ2v) is 6.31. The van der Waals surface area contributed by atoms with Gasteiger partial charge < -0.3 is 10.2 Å². The highest BCUT2D eigenvalue weighted by atomic mass is 35.5. The molecule has 2 heterocycles. The Kier molecular flexibility index (Phi) is 5.15. The standard InChI is InChI=1S/C17H19ClN4O2/c18-15-6-2-1-4-12(15)9-19-17(24)13-5-3-7-22(11-13)14-8-16(23)21-20-10-14/h1-2,4,6,8,10,13H,3,5,7,9,11H2,(H,19,24)(H,21,23). The van der Waals surface area contributed by atoms with Gasteiger partial charge in [-0.1, -0.05) is 29.8 Å². The normalized spacial score (nSPS) is 17.5. The summed E-state index contributed by atoms with van der Waals surface area (Å²) >= 11 is 6.11. The van der Waals surface area contributed by atoms with Crippen molar-refractivity contribution in [3.63, 3.8) is 0 Å². The monoisotopic (exact) mass is 346 g/mol. The highest BCUT2D eigenvalue weighted by molar-refractivity contribution is 6.31. The first kappa shape index (κ1) is 16.5. The molecule has 1 fully saturated rings. The van der Waals surface area contributed by atoms with Crippen LogP contribution in [0.25, 0.3) is 0 Å². The van der Waals surface area contributed by atoms with Gasteiger partial charge in [-0.3, -0.25) is 9.59 Å². The first-order valence-electron chi connectivity index (χ1n) is 7.94. The molecule has 2 N–H and O–H groups in total. The van der Waals surface area contributed by atoms with Crippen LogP contribution in [0.4, 0.5) is 5.69 Å². The smallest absolute Gasteiger partial charge is 0.266 e. The van der Waals surface area contributed by atoms with Gasteiger partial charge in [0.2, 0.25) is 5.91 Å². The number of H-pyrrole nitrogens is 1. The van der Waals surface area contributed by atoms with Gasteiger partial charge in [0.25, 0.3) is 5.56 Å². The molecule has 7 heteroatoms. The molecule has 2 aromatic rings. The lowest BCUT2D eigenvalue weighted by Gasteiger charge is -2.33. The van der Waals surface area contributed by atoms with Crippen molar-refractivity contribution >= 4 is 23.2 Å². The summed E-state index contributed by atoms with van der Waals surface area (Å²) in [6.45, 7) is 1.82. The van der Waals surface area contributed by atoms with E-state index >= 15 is 0 Å². The van der Waals surface area contributed by atoms with Crippen LogP contribution >= 0.6 is 11.6 Å². The number of nitrogens with zero attached hydrogens (tertiary/aromatic N) is 2. The number of amides is 1. The Morgan fingerprint density at radius 1 is 1.42 bits per heavy atom. The average molecular weight is 347 g/mol. The Morgan fingerprint density at radius 3 is 3.04 bits per heavy atom. The first-order valence-corrected chi connectivity index (χ1v) is 8.32. The number of benzene rings is 1. The van der Waals surface area contributed by atoms with E-state index in [4.69, 9.17) is 11.6 Å². The van der Waals surface area contributed by atoms with Crippen LogP contribution < -0.4 is 15.8 Å². The molecule has 1 unspecified atom stereocenters. The summed E-state index contributed by atoms with van der Waals surface area (Å²) < 4.78 is 0. The fourth-order valence-corrected chi connectivity index (χ4v) is 3.14. The number of halogens is 1. The zero-order valence-electron chi connectivity index (χ0n) is 13.2. The van der Waals surface area contributed by atoms with Gasteiger partial charge in [0.1, 0.15) is 0 Å². The molecule has 1 aromatic heterocycles. The van der Waals surface area contributed by atoms with Crippen molar-refractivity contribution in [2.45, 2.75) is 19.4 Å². The molecule has 0 bridgehead atoms. The Morgan fingerprint density at radius 2 is 2.25 bits per heavy atom. The van der Waals surface area contributed by atoms with Gasteiger partial charge in [-0.15, -0.1) is 0 Å². The third-order valence-corrected chi connectivity index (χ3v) is 4.59. The molecule has 0 spiro atoms. The molecule has 1 amide bonds. The van der Waals surface area contributed by atoms with E-state index < -0.39 is 0 Å².